The number of amides is 3. The highest BCUT2D eigenvalue weighted by Gasteiger charge is 2.52. The molecule has 9 nitrogen and oxygen atoms in total. The lowest BCUT2D eigenvalue weighted by Crippen LogP contribution is -2.37. The van der Waals surface area contributed by atoms with Gasteiger partial charge in [-0.3, -0.25) is 24.1 Å². The number of aryl methyl sites for hydroxylation is 1. The molecule has 146 valence electrons. The number of nitrogens with one attached hydrogen (secondary N) is 1. The summed E-state index contributed by atoms with van der Waals surface area (Å²) in [5.74, 6) is -2.30. The molecular formula is C16H17Br2N3O6. The van der Waals surface area contributed by atoms with Crippen molar-refractivity contribution in [1.29, 1.82) is 0 Å². The minimum absolute atomic E-state index is 0.0891. The number of hydrogen-bond acceptors (Lipinski definition) is 7. The minimum Gasteiger partial charge on any atom is -0.454 e. The molecule has 0 spiro atoms. The molecule has 3 amide bonds. The van der Waals surface area contributed by atoms with Gasteiger partial charge in [0.05, 0.1) is 11.8 Å². The molecule has 1 saturated heterocycles. The Kier molecular flexibility index (Phi) is 5.99. The Morgan fingerprint density at radius 2 is 1.85 bits per heavy atom. The van der Waals surface area contributed by atoms with E-state index in [-0.39, 0.29) is 27.3 Å². The largest absolute Gasteiger partial charge is 0.454 e. The van der Waals surface area contributed by atoms with E-state index in [2.05, 4.69) is 42.3 Å². The van der Waals surface area contributed by atoms with Gasteiger partial charge in [0.2, 0.25) is 11.8 Å². The third kappa shape index (κ3) is 4.40. The van der Waals surface area contributed by atoms with Crippen LogP contribution in [0, 0.1) is 18.8 Å². The molecule has 1 saturated carbocycles. The summed E-state index contributed by atoms with van der Waals surface area (Å²) in [7, 11) is 0. The molecule has 2 aliphatic rings. The second kappa shape index (κ2) is 8.09. The average Bonchev–Trinajstić information content (AvgIpc) is 3.11. The molecule has 0 radical (unpaired) electrons. The van der Waals surface area contributed by atoms with Gasteiger partial charge >= 0.3 is 5.97 Å². The minimum atomic E-state index is -0.826. The van der Waals surface area contributed by atoms with E-state index in [0.29, 0.717) is 18.6 Å². The van der Waals surface area contributed by atoms with Crippen molar-refractivity contribution < 1.29 is 28.4 Å². The van der Waals surface area contributed by atoms with Crippen LogP contribution < -0.4 is 5.32 Å². The van der Waals surface area contributed by atoms with Crippen LogP contribution in [0.1, 0.15) is 18.6 Å². The van der Waals surface area contributed by atoms with E-state index in [9.17, 15) is 19.2 Å². The number of imide groups is 1. The van der Waals surface area contributed by atoms with E-state index in [1.54, 1.807) is 6.92 Å². The van der Waals surface area contributed by atoms with Gasteiger partial charge in [0.25, 0.3) is 5.91 Å². The van der Waals surface area contributed by atoms with Crippen molar-refractivity contribution in [2.75, 3.05) is 18.5 Å². The van der Waals surface area contributed by atoms with Gasteiger partial charge in [-0.25, -0.2) is 0 Å². The van der Waals surface area contributed by atoms with Crippen molar-refractivity contribution in [2.45, 2.75) is 29.4 Å². The molecule has 27 heavy (non-hydrogen) atoms. The van der Waals surface area contributed by atoms with Gasteiger partial charge in [-0.15, -0.1) is 0 Å². The lowest BCUT2D eigenvalue weighted by atomic mass is 9.81. The number of aromatic nitrogens is 1. The fourth-order valence-corrected chi connectivity index (χ4v) is 4.48. The first kappa shape index (κ1) is 20.0. The summed E-state index contributed by atoms with van der Waals surface area (Å²) in [5.41, 5.74) is 0. The van der Waals surface area contributed by atoms with E-state index in [4.69, 9.17) is 9.26 Å². The molecule has 4 atom stereocenters. The number of anilines is 1. The van der Waals surface area contributed by atoms with Gasteiger partial charge in [0.1, 0.15) is 12.3 Å². The van der Waals surface area contributed by atoms with Crippen LogP contribution in [0.15, 0.2) is 10.6 Å². The smallest absolute Gasteiger partial charge is 0.326 e. The first-order chi connectivity index (χ1) is 12.8. The summed E-state index contributed by atoms with van der Waals surface area (Å²) in [6, 6.07) is 1.51. The van der Waals surface area contributed by atoms with Gasteiger partial charge in [0, 0.05) is 15.7 Å². The fourth-order valence-electron chi connectivity index (χ4n) is 3.24. The monoisotopic (exact) mass is 505 g/mol. The van der Waals surface area contributed by atoms with Gasteiger partial charge < -0.3 is 14.6 Å². The van der Waals surface area contributed by atoms with Crippen molar-refractivity contribution >= 4 is 61.4 Å². The van der Waals surface area contributed by atoms with E-state index in [1.807, 2.05) is 0 Å². The third-order valence-electron chi connectivity index (χ3n) is 4.55. The zero-order valence-electron chi connectivity index (χ0n) is 14.3. The maximum absolute atomic E-state index is 12.5. The standard InChI is InChI=1S/C16H17Br2N3O6/c1-7-2-12(20-27-7)19-13(22)6-26-14(23)5-21-15(24)8-3-10(17)11(18)4-9(8)16(21)25/h2,8-11H,3-6H2,1H3,(H,19,20,22)/t8-,9-,10+,11+/m1/s1. The van der Waals surface area contributed by atoms with E-state index in [1.165, 1.54) is 6.07 Å². The second-order valence-electron chi connectivity index (χ2n) is 6.51. The molecule has 1 aromatic rings. The van der Waals surface area contributed by atoms with Crippen LogP contribution in [0.4, 0.5) is 5.82 Å². The van der Waals surface area contributed by atoms with E-state index in [0.717, 1.165) is 4.90 Å². The molecular weight excluding hydrogens is 490 g/mol. The molecule has 2 fully saturated rings. The Bertz CT molecular complexity index is 754. The molecule has 3 rings (SSSR count). The van der Waals surface area contributed by atoms with Gasteiger partial charge in [-0.1, -0.05) is 37.0 Å². The van der Waals surface area contributed by atoms with Gasteiger partial charge in [0.15, 0.2) is 12.4 Å². The quantitative estimate of drug-likeness (QED) is 0.364. The van der Waals surface area contributed by atoms with Crippen LogP contribution in [0.2, 0.25) is 0 Å². The van der Waals surface area contributed by atoms with Crippen molar-refractivity contribution in [3.8, 4) is 0 Å². The van der Waals surface area contributed by atoms with Crippen molar-refractivity contribution in [2.24, 2.45) is 11.8 Å². The summed E-state index contributed by atoms with van der Waals surface area (Å²) in [4.78, 5) is 49.8. The molecule has 1 N–H and O–H groups in total. The summed E-state index contributed by atoms with van der Waals surface area (Å²) in [5, 5.41) is 5.99. The molecule has 1 aliphatic carbocycles. The molecule has 0 bridgehead atoms. The Labute approximate surface area is 171 Å². The molecule has 0 unspecified atom stereocenters. The summed E-state index contributed by atoms with van der Waals surface area (Å²) >= 11 is 7.00. The number of nitrogens with zero attached hydrogens (tertiary/aromatic N) is 2. The Morgan fingerprint density at radius 3 is 2.37 bits per heavy atom. The van der Waals surface area contributed by atoms with E-state index < -0.39 is 36.9 Å². The number of rotatable bonds is 5. The summed E-state index contributed by atoms with van der Waals surface area (Å²) < 4.78 is 9.67. The lowest BCUT2D eigenvalue weighted by Gasteiger charge is -2.29. The maximum atomic E-state index is 12.5. The Balaban J connectivity index is 1.51. The van der Waals surface area contributed by atoms with Crippen LogP contribution >= 0.6 is 31.9 Å². The van der Waals surface area contributed by atoms with Crippen LogP contribution in [-0.4, -0.2) is 56.6 Å². The zero-order valence-corrected chi connectivity index (χ0v) is 17.5. The number of alkyl halides is 2. The number of fused-ring (bicyclic) bond motifs is 1. The highest BCUT2D eigenvalue weighted by Crippen LogP contribution is 2.43. The molecule has 1 aromatic heterocycles. The highest BCUT2D eigenvalue weighted by atomic mass is 79.9. The fraction of sp³-hybridized carbons (Fsp3) is 0.562. The molecule has 0 aromatic carbocycles. The normalized spacial score (nSPS) is 27.4. The summed E-state index contributed by atoms with van der Waals surface area (Å²) in [6.45, 7) is 0.613. The highest BCUT2D eigenvalue weighted by molar-refractivity contribution is 9.12. The average molecular weight is 507 g/mol. The predicted molar refractivity (Wildman–Crippen MR) is 99.2 cm³/mol. The van der Waals surface area contributed by atoms with Crippen LogP contribution in [-0.2, 0) is 23.9 Å². The number of likely N-dealkylation sites (tertiary alicyclic amines) is 1. The van der Waals surface area contributed by atoms with Crippen molar-refractivity contribution in [3.05, 3.63) is 11.8 Å². The van der Waals surface area contributed by atoms with Crippen molar-refractivity contribution in [1.82, 2.24) is 10.1 Å². The molecule has 1 aliphatic heterocycles. The Hall–Kier alpha value is -1.75. The first-order valence-corrected chi connectivity index (χ1v) is 10.1. The second-order valence-corrected chi connectivity index (χ2v) is 8.86. The van der Waals surface area contributed by atoms with Crippen LogP contribution in [0.25, 0.3) is 0 Å². The summed E-state index contributed by atoms with van der Waals surface area (Å²) in [6.07, 6.45) is 1.05. The molecule has 2 heterocycles. The van der Waals surface area contributed by atoms with Gasteiger partial charge in [-0.2, -0.15) is 0 Å². The van der Waals surface area contributed by atoms with Crippen LogP contribution in [0.5, 0.6) is 0 Å². The Morgan fingerprint density at radius 1 is 1.26 bits per heavy atom. The number of carbonyl (C=O) groups excluding carboxylic acids is 4. The number of esters is 1. The first-order valence-electron chi connectivity index (χ1n) is 8.28. The third-order valence-corrected chi connectivity index (χ3v) is 7.28. The zero-order chi connectivity index (χ0) is 19.7. The van der Waals surface area contributed by atoms with Crippen molar-refractivity contribution in [3.63, 3.8) is 0 Å². The number of hydrogen-bond donors (Lipinski definition) is 1. The van der Waals surface area contributed by atoms with E-state index >= 15 is 0 Å². The topological polar surface area (TPSA) is 119 Å². The predicted octanol–water partition coefficient (Wildman–Crippen LogP) is 1.39. The van der Waals surface area contributed by atoms with Gasteiger partial charge in [-0.05, 0) is 19.8 Å². The number of halogens is 2. The lowest BCUT2D eigenvalue weighted by molar-refractivity contribution is -0.154. The number of ether oxygens (including phenoxy) is 1. The maximum Gasteiger partial charge on any atom is 0.326 e. The number of carbonyl (C=O) groups is 4. The molecule has 11 heteroatoms. The SMILES string of the molecule is Cc1cc(NC(=O)COC(=O)CN2C(=O)[C@@H]3C[C@H](Br)[C@@H](Br)C[C@H]3C2=O)no1. The van der Waals surface area contributed by atoms with Crippen LogP contribution in [0.3, 0.4) is 0 Å².